The monoisotopic (exact) mass is 415 g/mol. The summed E-state index contributed by atoms with van der Waals surface area (Å²) in [5.41, 5.74) is 6.68. The highest BCUT2D eigenvalue weighted by Crippen LogP contribution is 2.17. The van der Waals surface area contributed by atoms with E-state index in [1.165, 1.54) is 0 Å². The lowest BCUT2D eigenvalue weighted by molar-refractivity contribution is 0.0748. The molecule has 3 N–H and O–H groups in total. The summed E-state index contributed by atoms with van der Waals surface area (Å²) in [7, 11) is 1.71. The lowest BCUT2D eigenvalue weighted by Crippen LogP contribution is -2.39. The van der Waals surface area contributed by atoms with Crippen molar-refractivity contribution >= 4 is 45.8 Å². The number of likely N-dealkylation sites (N-methyl/N-ethyl adjacent to an activating group) is 1. The highest BCUT2D eigenvalue weighted by atomic mass is 79.9. The quantitative estimate of drug-likeness (QED) is 0.784. The Morgan fingerprint density at radius 1 is 1.25 bits per heavy atom. The molecule has 2 rings (SSSR count). The van der Waals surface area contributed by atoms with E-state index in [-0.39, 0.29) is 36.0 Å². The molecule has 0 saturated heterocycles. The summed E-state index contributed by atoms with van der Waals surface area (Å²) in [5.74, 6) is -0.270. The molecule has 0 aliphatic carbocycles. The zero-order valence-corrected chi connectivity index (χ0v) is 15.7. The number of furan rings is 1. The van der Waals surface area contributed by atoms with Crippen LogP contribution in [0.15, 0.2) is 45.5 Å². The minimum Gasteiger partial charge on any atom is -0.444 e. The van der Waals surface area contributed by atoms with E-state index in [0.29, 0.717) is 22.5 Å². The van der Waals surface area contributed by atoms with Crippen LogP contribution in [0.1, 0.15) is 27.8 Å². The summed E-state index contributed by atoms with van der Waals surface area (Å²) in [6.07, 6.45) is 0. The number of carbonyl (C=O) groups excluding carboxylic acids is 2. The van der Waals surface area contributed by atoms with Gasteiger partial charge in [-0.2, -0.15) is 0 Å². The largest absolute Gasteiger partial charge is 0.444 e. The number of anilines is 1. The smallest absolute Gasteiger partial charge is 0.291 e. The molecule has 0 radical (unpaired) electrons. The molecule has 8 heteroatoms. The van der Waals surface area contributed by atoms with Crippen molar-refractivity contribution in [3.63, 3.8) is 0 Å². The molecular weight excluding hydrogens is 398 g/mol. The zero-order chi connectivity index (χ0) is 17.0. The van der Waals surface area contributed by atoms with Gasteiger partial charge in [0.05, 0.1) is 0 Å². The van der Waals surface area contributed by atoms with Gasteiger partial charge >= 0.3 is 0 Å². The summed E-state index contributed by atoms with van der Waals surface area (Å²) in [4.78, 5) is 25.8. The molecule has 2 aromatic rings. The van der Waals surface area contributed by atoms with Crippen LogP contribution in [-0.4, -0.2) is 36.3 Å². The molecule has 0 aliphatic heterocycles. The highest BCUT2D eigenvalue weighted by Gasteiger charge is 2.16. The Morgan fingerprint density at radius 2 is 1.88 bits per heavy atom. The summed E-state index contributed by atoms with van der Waals surface area (Å²) in [5, 5.41) is 2.70. The van der Waals surface area contributed by atoms with Gasteiger partial charge in [-0.1, -0.05) is 0 Å². The maximum Gasteiger partial charge on any atom is 0.291 e. The van der Waals surface area contributed by atoms with Crippen LogP contribution >= 0.6 is 28.3 Å². The molecule has 0 fully saturated rings. The first-order chi connectivity index (χ1) is 10.9. The van der Waals surface area contributed by atoms with Crippen molar-refractivity contribution < 1.29 is 14.0 Å². The number of nitrogens with one attached hydrogen (secondary N) is 1. The molecule has 0 aliphatic rings. The lowest BCUT2D eigenvalue weighted by Gasteiger charge is -2.23. The summed E-state index contributed by atoms with van der Waals surface area (Å²) in [6, 6.07) is 9.84. The Hall–Kier alpha value is -1.83. The van der Waals surface area contributed by atoms with Crippen LogP contribution in [0.4, 0.5) is 5.69 Å². The molecule has 6 nitrogen and oxygen atoms in total. The van der Waals surface area contributed by atoms with Gasteiger partial charge in [0, 0.05) is 30.9 Å². The van der Waals surface area contributed by atoms with Gasteiger partial charge < -0.3 is 20.4 Å². The number of rotatable bonds is 5. The van der Waals surface area contributed by atoms with Crippen LogP contribution in [0.5, 0.6) is 0 Å². The van der Waals surface area contributed by atoms with Crippen molar-refractivity contribution in [3.8, 4) is 0 Å². The number of halogens is 2. The van der Waals surface area contributed by atoms with Crippen LogP contribution < -0.4 is 11.1 Å². The van der Waals surface area contributed by atoms with E-state index >= 15 is 0 Å². The predicted octanol–water partition coefficient (Wildman–Crippen LogP) is 3.14. The fraction of sp³-hybridized carbons (Fsp3) is 0.250. The van der Waals surface area contributed by atoms with Gasteiger partial charge in [0.25, 0.3) is 11.8 Å². The first-order valence-electron chi connectivity index (χ1n) is 7.06. The van der Waals surface area contributed by atoms with Crippen LogP contribution in [-0.2, 0) is 0 Å². The molecular formula is C16H19BrClN3O3. The van der Waals surface area contributed by atoms with E-state index in [1.807, 2.05) is 6.92 Å². The fourth-order valence-electron chi connectivity index (χ4n) is 1.89. The molecule has 1 aromatic heterocycles. The second-order valence-electron chi connectivity index (χ2n) is 5.14. The topological polar surface area (TPSA) is 88.6 Å². The molecule has 130 valence electrons. The van der Waals surface area contributed by atoms with Gasteiger partial charge in [-0.15, -0.1) is 12.4 Å². The normalized spacial score (nSPS) is 11.3. The molecule has 1 unspecified atom stereocenters. The molecule has 1 heterocycles. The summed E-state index contributed by atoms with van der Waals surface area (Å²) >= 11 is 3.14. The Kier molecular flexibility index (Phi) is 7.47. The molecule has 0 spiro atoms. The predicted molar refractivity (Wildman–Crippen MR) is 98.7 cm³/mol. The number of nitrogens with two attached hydrogens (primary N) is 1. The van der Waals surface area contributed by atoms with E-state index in [9.17, 15) is 9.59 Å². The van der Waals surface area contributed by atoms with Gasteiger partial charge in [0.15, 0.2) is 10.4 Å². The third-order valence-electron chi connectivity index (χ3n) is 3.51. The van der Waals surface area contributed by atoms with E-state index in [0.717, 1.165) is 0 Å². The maximum absolute atomic E-state index is 12.3. The van der Waals surface area contributed by atoms with E-state index in [1.54, 1.807) is 48.3 Å². The third-order valence-corrected chi connectivity index (χ3v) is 3.94. The first kappa shape index (κ1) is 20.2. The van der Waals surface area contributed by atoms with Crippen molar-refractivity contribution in [2.75, 3.05) is 18.9 Å². The summed E-state index contributed by atoms with van der Waals surface area (Å²) < 4.78 is 5.67. The molecule has 1 aromatic carbocycles. The minimum absolute atomic E-state index is 0. The maximum atomic E-state index is 12.3. The molecule has 2 amide bonds. The first-order valence-corrected chi connectivity index (χ1v) is 7.85. The van der Waals surface area contributed by atoms with E-state index in [2.05, 4.69) is 21.2 Å². The lowest BCUT2D eigenvalue weighted by atomic mass is 10.1. The van der Waals surface area contributed by atoms with Crippen molar-refractivity contribution in [2.24, 2.45) is 5.73 Å². The zero-order valence-electron chi connectivity index (χ0n) is 13.3. The van der Waals surface area contributed by atoms with Crippen molar-refractivity contribution in [2.45, 2.75) is 13.0 Å². The van der Waals surface area contributed by atoms with Gasteiger partial charge in [0.2, 0.25) is 0 Å². The van der Waals surface area contributed by atoms with Crippen molar-refractivity contribution in [1.82, 2.24) is 4.90 Å². The number of hydrogen-bond acceptors (Lipinski definition) is 4. The Balaban J connectivity index is 0.00000288. The van der Waals surface area contributed by atoms with Gasteiger partial charge in [-0.05, 0) is 59.3 Å². The number of amides is 2. The third kappa shape index (κ3) is 4.83. The highest BCUT2D eigenvalue weighted by molar-refractivity contribution is 9.10. The molecule has 1 atom stereocenters. The van der Waals surface area contributed by atoms with Crippen LogP contribution in [0.3, 0.4) is 0 Å². The van der Waals surface area contributed by atoms with E-state index < -0.39 is 0 Å². The molecule has 24 heavy (non-hydrogen) atoms. The van der Waals surface area contributed by atoms with Gasteiger partial charge in [-0.3, -0.25) is 9.59 Å². The average molecular weight is 417 g/mol. The van der Waals surface area contributed by atoms with Crippen LogP contribution in [0.25, 0.3) is 0 Å². The Bertz CT molecular complexity index is 703. The summed E-state index contributed by atoms with van der Waals surface area (Å²) in [6.45, 7) is 2.28. The number of nitrogens with zero attached hydrogens (tertiary/aromatic N) is 1. The number of benzene rings is 1. The van der Waals surface area contributed by atoms with E-state index in [4.69, 9.17) is 10.2 Å². The van der Waals surface area contributed by atoms with Crippen molar-refractivity contribution in [1.29, 1.82) is 0 Å². The van der Waals surface area contributed by atoms with Crippen LogP contribution in [0, 0.1) is 0 Å². The second kappa shape index (κ2) is 8.86. The molecule has 0 saturated carbocycles. The van der Waals surface area contributed by atoms with Gasteiger partial charge in [0.1, 0.15) is 0 Å². The van der Waals surface area contributed by atoms with Crippen LogP contribution in [0.2, 0.25) is 0 Å². The molecule has 0 bridgehead atoms. The average Bonchev–Trinajstić information content (AvgIpc) is 3.00. The second-order valence-corrected chi connectivity index (χ2v) is 5.92. The Labute approximate surface area is 154 Å². The van der Waals surface area contributed by atoms with Crippen molar-refractivity contribution in [3.05, 3.63) is 52.4 Å². The number of hydrogen-bond donors (Lipinski definition) is 2. The SMILES string of the molecule is CC(CN)N(C)C(=O)c1ccc(NC(=O)c2ccc(Br)o2)cc1.Cl. The standard InChI is InChI=1S/C16H18BrN3O3.ClH/c1-10(9-18)20(2)16(22)11-3-5-12(6-4-11)19-15(21)13-7-8-14(17)23-13;/h3-8,10H,9,18H2,1-2H3,(H,19,21);1H. The van der Waals surface area contributed by atoms with Gasteiger partial charge in [-0.25, -0.2) is 0 Å². The minimum atomic E-state index is -0.358. The fourth-order valence-corrected chi connectivity index (χ4v) is 2.19. The number of carbonyl (C=O) groups is 2. The Morgan fingerprint density at radius 3 is 2.38 bits per heavy atom.